The SMILES string of the molecule is CC(C)O[C@@]1(NC(=O)OC(C)(C)C)C(=O)N(Cc2ccccc2)c2ccccc21. The third kappa shape index (κ3) is 4.43. The van der Waals surface area contributed by atoms with Crippen molar-refractivity contribution in [2.24, 2.45) is 0 Å². The molecule has 6 nitrogen and oxygen atoms in total. The van der Waals surface area contributed by atoms with Crippen LogP contribution < -0.4 is 10.2 Å². The Hall–Kier alpha value is -2.86. The van der Waals surface area contributed by atoms with Gasteiger partial charge in [0.05, 0.1) is 18.3 Å². The fourth-order valence-corrected chi connectivity index (χ4v) is 3.41. The molecule has 0 saturated heterocycles. The highest BCUT2D eigenvalue weighted by Crippen LogP contribution is 2.42. The number of benzene rings is 2. The summed E-state index contributed by atoms with van der Waals surface area (Å²) in [7, 11) is 0. The fourth-order valence-electron chi connectivity index (χ4n) is 3.41. The summed E-state index contributed by atoms with van der Waals surface area (Å²) in [5, 5.41) is 2.73. The second kappa shape index (κ2) is 7.87. The molecule has 2 aromatic rings. The van der Waals surface area contributed by atoms with Gasteiger partial charge in [-0.15, -0.1) is 0 Å². The minimum absolute atomic E-state index is 0.307. The van der Waals surface area contributed by atoms with E-state index in [1.165, 1.54) is 0 Å². The molecule has 1 N–H and O–H groups in total. The first-order valence-electron chi connectivity index (χ1n) is 9.77. The van der Waals surface area contributed by atoms with Crippen LogP contribution in [0.1, 0.15) is 45.7 Å². The average molecular weight is 396 g/mol. The molecule has 1 heterocycles. The largest absolute Gasteiger partial charge is 0.444 e. The summed E-state index contributed by atoms with van der Waals surface area (Å²) < 4.78 is 11.5. The molecule has 6 heteroatoms. The van der Waals surface area contributed by atoms with Gasteiger partial charge >= 0.3 is 6.09 Å². The highest BCUT2D eigenvalue weighted by Gasteiger charge is 2.54. The predicted octanol–water partition coefficient (Wildman–Crippen LogP) is 4.34. The lowest BCUT2D eigenvalue weighted by atomic mass is 10.0. The van der Waals surface area contributed by atoms with E-state index in [0.717, 1.165) is 5.56 Å². The molecule has 0 spiro atoms. The van der Waals surface area contributed by atoms with Gasteiger partial charge in [0.25, 0.3) is 11.6 Å². The number of ether oxygens (including phenoxy) is 2. The number of rotatable bonds is 5. The Bertz CT molecular complexity index is 889. The Morgan fingerprint density at radius 3 is 2.31 bits per heavy atom. The number of hydrogen-bond acceptors (Lipinski definition) is 4. The fraction of sp³-hybridized carbons (Fsp3) is 0.391. The molecule has 0 bridgehead atoms. The van der Waals surface area contributed by atoms with Gasteiger partial charge in [-0.1, -0.05) is 48.5 Å². The molecule has 1 aliphatic rings. The van der Waals surface area contributed by atoms with Crippen LogP contribution in [0.15, 0.2) is 54.6 Å². The van der Waals surface area contributed by atoms with Gasteiger partial charge in [0.1, 0.15) is 5.60 Å². The van der Waals surface area contributed by atoms with Crippen molar-refractivity contribution in [1.29, 1.82) is 0 Å². The van der Waals surface area contributed by atoms with Gasteiger partial charge in [0.15, 0.2) is 0 Å². The van der Waals surface area contributed by atoms with E-state index in [-0.39, 0.29) is 12.0 Å². The molecule has 0 aliphatic carbocycles. The number of fused-ring (bicyclic) bond motifs is 1. The molecule has 2 amide bonds. The van der Waals surface area contributed by atoms with E-state index in [0.29, 0.717) is 17.8 Å². The summed E-state index contributed by atoms with van der Waals surface area (Å²) >= 11 is 0. The Morgan fingerprint density at radius 2 is 1.69 bits per heavy atom. The number of carbonyl (C=O) groups is 2. The summed E-state index contributed by atoms with van der Waals surface area (Å²) in [5.74, 6) is -0.345. The Kier molecular flexibility index (Phi) is 5.66. The van der Waals surface area contributed by atoms with Crippen LogP contribution in [0.4, 0.5) is 10.5 Å². The van der Waals surface area contributed by atoms with Crippen LogP contribution in [-0.2, 0) is 26.5 Å². The number of amides is 2. The van der Waals surface area contributed by atoms with Crippen molar-refractivity contribution < 1.29 is 19.1 Å². The normalized spacial score (nSPS) is 18.7. The number of nitrogens with one attached hydrogen (secondary N) is 1. The summed E-state index contributed by atoms with van der Waals surface area (Å²) in [4.78, 5) is 27.9. The van der Waals surface area contributed by atoms with Crippen LogP contribution in [0, 0.1) is 0 Å². The van der Waals surface area contributed by atoms with Crippen molar-refractivity contribution in [1.82, 2.24) is 5.32 Å². The van der Waals surface area contributed by atoms with Crippen molar-refractivity contribution in [2.45, 2.75) is 58.6 Å². The van der Waals surface area contributed by atoms with Crippen LogP contribution in [0.3, 0.4) is 0 Å². The van der Waals surface area contributed by atoms with Gasteiger partial charge in [-0.3, -0.25) is 10.1 Å². The lowest BCUT2D eigenvalue weighted by molar-refractivity contribution is -0.156. The molecule has 2 aromatic carbocycles. The number of anilines is 1. The molecule has 0 saturated carbocycles. The van der Waals surface area contributed by atoms with Crippen molar-refractivity contribution in [2.75, 3.05) is 4.90 Å². The minimum Gasteiger partial charge on any atom is -0.444 e. The van der Waals surface area contributed by atoms with Gasteiger partial charge < -0.3 is 14.4 Å². The second-order valence-electron chi connectivity index (χ2n) is 8.37. The summed E-state index contributed by atoms with van der Waals surface area (Å²) in [6.45, 7) is 9.34. The number of alkyl carbamates (subject to hydrolysis) is 1. The quantitative estimate of drug-likeness (QED) is 0.764. The van der Waals surface area contributed by atoms with Crippen LogP contribution in [0.2, 0.25) is 0 Å². The van der Waals surface area contributed by atoms with Crippen molar-refractivity contribution in [3.63, 3.8) is 0 Å². The highest BCUT2D eigenvalue weighted by molar-refractivity contribution is 6.08. The molecule has 3 rings (SSSR count). The Labute approximate surface area is 171 Å². The van der Waals surface area contributed by atoms with Crippen LogP contribution >= 0.6 is 0 Å². The number of para-hydroxylation sites is 1. The van der Waals surface area contributed by atoms with E-state index in [2.05, 4.69) is 5.32 Å². The molecule has 154 valence electrons. The van der Waals surface area contributed by atoms with Crippen molar-refractivity contribution in [3.05, 3.63) is 65.7 Å². The standard InChI is InChI=1S/C23H28N2O4/c1-16(2)28-23(24-21(27)29-22(3,4)5)18-13-9-10-14-19(18)25(20(23)26)15-17-11-7-6-8-12-17/h6-14,16H,15H2,1-5H3,(H,24,27)/t23-/m1/s1. The first-order chi connectivity index (χ1) is 13.6. The summed E-state index contributed by atoms with van der Waals surface area (Å²) in [6, 6.07) is 17.1. The number of hydrogen-bond donors (Lipinski definition) is 1. The molecule has 0 aromatic heterocycles. The monoisotopic (exact) mass is 396 g/mol. The zero-order valence-electron chi connectivity index (χ0n) is 17.6. The lowest BCUT2D eigenvalue weighted by Gasteiger charge is -2.32. The number of carbonyl (C=O) groups excluding carboxylic acids is 2. The highest BCUT2D eigenvalue weighted by atomic mass is 16.6. The van der Waals surface area contributed by atoms with Crippen LogP contribution in [-0.4, -0.2) is 23.7 Å². The van der Waals surface area contributed by atoms with E-state index in [4.69, 9.17) is 9.47 Å². The van der Waals surface area contributed by atoms with Gasteiger partial charge in [0, 0.05) is 5.56 Å². The zero-order chi connectivity index (χ0) is 21.2. The Morgan fingerprint density at radius 1 is 1.07 bits per heavy atom. The van der Waals surface area contributed by atoms with E-state index < -0.39 is 17.4 Å². The van der Waals surface area contributed by atoms with Crippen LogP contribution in [0.25, 0.3) is 0 Å². The summed E-state index contributed by atoms with van der Waals surface area (Å²) in [6.07, 6.45) is -1.01. The average Bonchev–Trinajstić information content (AvgIpc) is 2.83. The molecule has 1 aliphatic heterocycles. The van der Waals surface area contributed by atoms with E-state index in [1.807, 2.05) is 62.4 Å². The van der Waals surface area contributed by atoms with E-state index in [9.17, 15) is 9.59 Å². The maximum atomic E-state index is 13.7. The van der Waals surface area contributed by atoms with Gasteiger partial charge in [-0.05, 0) is 46.2 Å². The molecular weight excluding hydrogens is 368 g/mol. The minimum atomic E-state index is -1.64. The predicted molar refractivity (Wildman–Crippen MR) is 111 cm³/mol. The second-order valence-corrected chi connectivity index (χ2v) is 8.37. The first kappa shape index (κ1) is 20.9. The summed E-state index contributed by atoms with van der Waals surface area (Å²) in [5.41, 5.74) is -0.0533. The molecule has 0 radical (unpaired) electrons. The van der Waals surface area contributed by atoms with Crippen molar-refractivity contribution in [3.8, 4) is 0 Å². The van der Waals surface area contributed by atoms with Crippen LogP contribution in [0.5, 0.6) is 0 Å². The van der Waals surface area contributed by atoms with E-state index in [1.54, 1.807) is 31.7 Å². The lowest BCUT2D eigenvalue weighted by Crippen LogP contribution is -2.56. The topological polar surface area (TPSA) is 67.9 Å². The molecule has 0 fully saturated rings. The third-order valence-electron chi connectivity index (χ3n) is 4.39. The molecule has 1 atom stereocenters. The van der Waals surface area contributed by atoms with Gasteiger partial charge in [-0.2, -0.15) is 0 Å². The van der Waals surface area contributed by atoms with Crippen molar-refractivity contribution >= 4 is 17.7 Å². The number of nitrogens with zero attached hydrogens (tertiary/aromatic N) is 1. The van der Waals surface area contributed by atoms with Gasteiger partial charge in [0.2, 0.25) is 0 Å². The molecule has 0 unspecified atom stereocenters. The molecule has 29 heavy (non-hydrogen) atoms. The first-order valence-corrected chi connectivity index (χ1v) is 9.77. The smallest absolute Gasteiger partial charge is 0.410 e. The maximum Gasteiger partial charge on any atom is 0.410 e. The maximum absolute atomic E-state index is 13.7. The Balaban J connectivity index is 2.03. The third-order valence-corrected chi connectivity index (χ3v) is 4.39. The zero-order valence-corrected chi connectivity index (χ0v) is 17.6. The van der Waals surface area contributed by atoms with E-state index >= 15 is 0 Å². The van der Waals surface area contributed by atoms with Gasteiger partial charge in [-0.25, -0.2) is 4.79 Å². The molecular formula is C23H28N2O4.